The van der Waals surface area contributed by atoms with E-state index in [-0.39, 0.29) is 48.2 Å². The van der Waals surface area contributed by atoms with E-state index in [2.05, 4.69) is 54.0 Å². The Morgan fingerprint density at radius 1 is 0.894 bits per heavy atom. The van der Waals surface area contributed by atoms with Crippen molar-refractivity contribution in [3.63, 3.8) is 0 Å². The van der Waals surface area contributed by atoms with E-state index in [0.29, 0.717) is 44.0 Å². The fraction of sp³-hybridized carbons (Fsp3) is 0.382. The lowest BCUT2D eigenvalue weighted by Gasteiger charge is -2.53. The first kappa shape index (κ1) is 32.2. The Morgan fingerprint density at radius 2 is 1.60 bits per heavy atom. The van der Waals surface area contributed by atoms with Crippen LogP contribution in [-0.2, 0) is 6.54 Å². The van der Waals surface area contributed by atoms with E-state index in [0.717, 1.165) is 0 Å². The fourth-order valence-corrected chi connectivity index (χ4v) is 6.66. The molecule has 0 aliphatic carbocycles. The summed E-state index contributed by atoms with van der Waals surface area (Å²) in [6.07, 6.45) is 1.86. The number of hydrogen-bond donors (Lipinski definition) is 0. The summed E-state index contributed by atoms with van der Waals surface area (Å²) in [5.41, 5.74) is 3.10. The second-order valence-corrected chi connectivity index (χ2v) is 11.5. The molecule has 246 valence electrons. The van der Waals surface area contributed by atoms with Crippen LogP contribution >= 0.6 is 0 Å². The summed E-state index contributed by atoms with van der Waals surface area (Å²) in [6, 6.07) is 20.7. The molecule has 0 unspecified atom stereocenters. The highest BCUT2D eigenvalue weighted by Gasteiger charge is 2.43. The third kappa shape index (κ3) is 7.31. The maximum atomic E-state index is 13.5. The summed E-state index contributed by atoms with van der Waals surface area (Å²) in [6.45, 7) is 2.34. The maximum Gasteiger partial charge on any atom is 0.322 e. The second-order valence-electron chi connectivity index (χ2n) is 11.5. The molecule has 6 rings (SSSR count). The molecule has 2 aromatic heterocycles. The van der Waals surface area contributed by atoms with Gasteiger partial charge < -0.3 is 19.1 Å². The average molecular weight is 646 g/mol. The van der Waals surface area contributed by atoms with Gasteiger partial charge in [0.2, 0.25) is 11.8 Å². The topological polar surface area (TPSA) is 106 Å². The van der Waals surface area contributed by atoms with Crippen molar-refractivity contribution in [3.8, 4) is 17.8 Å². The molecule has 11 nitrogen and oxygen atoms in total. The highest BCUT2D eigenvalue weighted by atomic mass is 19.3. The smallest absolute Gasteiger partial charge is 0.322 e. The third-order valence-corrected chi connectivity index (χ3v) is 8.65. The summed E-state index contributed by atoms with van der Waals surface area (Å²) in [5.74, 6) is 0.0140. The van der Waals surface area contributed by atoms with Crippen LogP contribution < -0.4 is 14.2 Å². The van der Waals surface area contributed by atoms with Gasteiger partial charge in [0.1, 0.15) is 5.69 Å². The predicted molar refractivity (Wildman–Crippen MR) is 169 cm³/mol. The number of nitrogens with zero attached hydrogens (tertiary/aromatic N) is 7. The van der Waals surface area contributed by atoms with Gasteiger partial charge in [0, 0.05) is 69.7 Å². The molecule has 2 atom stereocenters. The highest BCUT2D eigenvalue weighted by molar-refractivity contribution is 5.92. The Labute approximate surface area is 272 Å². The zero-order valence-corrected chi connectivity index (χ0v) is 26.3. The number of amides is 1. The van der Waals surface area contributed by atoms with Gasteiger partial charge in [-0.3, -0.25) is 19.6 Å². The van der Waals surface area contributed by atoms with E-state index in [1.165, 1.54) is 37.7 Å². The van der Waals surface area contributed by atoms with Crippen LogP contribution in [0.15, 0.2) is 79.3 Å². The minimum atomic E-state index is -2.69. The number of methoxy groups -OCH3 is 2. The van der Waals surface area contributed by atoms with Gasteiger partial charge in [-0.15, -0.1) is 0 Å². The number of benzene rings is 2. The van der Waals surface area contributed by atoms with Crippen molar-refractivity contribution >= 4 is 5.91 Å². The quantitative estimate of drug-likeness (QED) is 0.239. The van der Waals surface area contributed by atoms with Crippen LogP contribution in [0.1, 0.15) is 33.1 Å². The summed E-state index contributed by atoms with van der Waals surface area (Å²) in [4.78, 5) is 37.0. The molecule has 2 aliphatic heterocycles. The van der Waals surface area contributed by atoms with Crippen LogP contribution in [0.25, 0.3) is 0 Å². The molecule has 2 fully saturated rings. The van der Waals surface area contributed by atoms with Crippen molar-refractivity contribution in [1.82, 2.24) is 34.6 Å². The van der Waals surface area contributed by atoms with E-state index in [9.17, 15) is 13.6 Å². The molecule has 47 heavy (non-hydrogen) atoms. The molecule has 0 bridgehead atoms. The number of alkyl halides is 2. The fourth-order valence-electron chi connectivity index (χ4n) is 6.66. The second kappa shape index (κ2) is 14.8. The SMILES string of the molecule is COc1nc(OC)c(CN2C[C@@H]3CN(C(=O)c4cnccn4)CCN3[C@H](C(c3ccccc3)c3ccccc3)C2)c(OCC(F)F)n1. The summed E-state index contributed by atoms with van der Waals surface area (Å²) in [5, 5.41) is 0. The van der Waals surface area contributed by atoms with Crippen molar-refractivity contribution in [3.05, 3.63) is 102 Å². The number of ether oxygens (including phenoxy) is 3. The standard InChI is InChI=1S/C34H37F2N7O4/c1-45-31-26(32(47-22-29(35)36)40-34(39-31)46-2)20-41-18-25-19-42(33(44)27-17-37-13-14-38-27)15-16-43(25)28(21-41)30(23-9-5-3-6-10-23)24-11-7-4-8-12-24/h3-14,17,25,28-30H,15-16,18-22H2,1-2H3/t25-,28+/m1/s1. The Hall–Kier alpha value is -4.75. The molecule has 0 saturated carbocycles. The van der Waals surface area contributed by atoms with Gasteiger partial charge in [-0.2, -0.15) is 9.97 Å². The molecule has 0 N–H and O–H groups in total. The van der Waals surface area contributed by atoms with E-state index in [1.54, 1.807) is 6.20 Å². The van der Waals surface area contributed by atoms with Gasteiger partial charge in [0.25, 0.3) is 12.3 Å². The van der Waals surface area contributed by atoms with Gasteiger partial charge >= 0.3 is 6.01 Å². The van der Waals surface area contributed by atoms with Crippen molar-refractivity contribution in [2.75, 3.05) is 53.6 Å². The lowest BCUT2D eigenvalue weighted by atomic mass is 9.81. The molecule has 1 amide bonds. The summed E-state index contributed by atoms with van der Waals surface area (Å²) < 4.78 is 42.8. The van der Waals surface area contributed by atoms with E-state index < -0.39 is 13.0 Å². The zero-order chi connectivity index (χ0) is 32.8. The number of halogens is 2. The first-order chi connectivity index (χ1) is 22.9. The van der Waals surface area contributed by atoms with Gasteiger partial charge in [-0.1, -0.05) is 60.7 Å². The zero-order valence-electron chi connectivity index (χ0n) is 26.3. The molecule has 4 aromatic rings. The number of fused-ring (bicyclic) bond motifs is 1. The highest BCUT2D eigenvalue weighted by Crippen LogP contribution is 2.37. The Kier molecular flexibility index (Phi) is 10.1. The van der Waals surface area contributed by atoms with Crippen LogP contribution in [0.2, 0.25) is 0 Å². The monoisotopic (exact) mass is 645 g/mol. The van der Waals surface area contributed by atoms with Crippen LogP contribution in [0.3, 0.4) is 0 Å². The number of piperazine rings is 2. The molecule has 13 heteroatoms. The molecule has 0 radical (unpaired) electrons. The van der Waals surface area contributed by atoms with Crippen molar-refractivity contribution in [1.29, 1.82) is 0 Å². The Bertz CT molecular complexity index is 1580. The largest absolute Gasteiger partial charge is 0.481 e. The first-order valence-corrected chi connectivity index (χ1v) is 15.5. The van der Waals surface area contributed by atoms with Crippen LogP contribution in [0, 0.1) is 0 Å². The lowest BCUT2D eigenvalue weighted by Crippen LogP contribution is -2.67. The van der Waals surface area contributed by atoms with E-state index in [1.807, 2.05) is 41.3 Å². The molecule has 2 aromatic carbocycles. The molecular weight excluding hydrogens is 608 g/mol. The normalized spacial score (nSPS) is 18.6. The number of hydrogen-bond acceptors (Lipinski definition) is 10. The van der Waals surface area contributed by atoms with Gasteiger partial charge in [-0.25, -0.2) is 13.8 Å². The lowest BCUT2D eigenvalue weighted by molar-refractivity contribution is -0.0294. The predicted octanol–water partition coefficient (Wildman–Crippen LogP) is 3.77. The van der Waals surface area contributed by atoms with Gasteiger partial charge in [0.15, 0.2) is 6.61 Å². The van der Waals surface area contributed by atoms with Crippen LogP contribution in [-0.4, -0.2) is 113 Å². The molecular formula is C34H37F2N7O4. The first-order valence-electron chi connectivity index (χ1n) is 15.5. The molecule has 2 aliphatic rings. The van der Waals surface area contributed by atoms with E-state index >= 15 is 0 Å². The van der Waals surface area contributed by atoms with E-state index in [4.69, 9.17) is 14.2 Å². The molecule has 2 saturated heterocycles. The van der Waals surface area contributed by atoms with Gasteiger partial charge in [0.05, 0.1) is 26.0 Å². The number of rotatable bonds is 11. The van der Waals surface area contributed by atoms with Crippen LogP contribution in [0.5, 0.6) is 17.8 Å². The third-order valence-electron chi connectivity index (χ3n) is 8.65. The van der Waals surface area contributed by atoms with Crippen LogP contribution in [0.4, 0.5) is 8.78 Å². The Morgan fingerprint density at radius 3 is 2.21 bits per heavy atom. The Balaban J connectivity index is 1.37. The number of carbonyl (C=O) groups excluding carboxylic acids is 1. The minimum Gasteiger partial charge on any atom is -0.481 e. The van der Waals surface area contributed by atoms with Crippen molar-refractivity contribution < 1.29 is 27.8 Å². The number of aromatic nitrogens is 4. The number of carbonyl (C=O) groups is 1. The van der Waals surface area contributed by atoms with Crippen molar-refractivity contribution in [2.45, 2.75) is 31.0 Å². The minimum absolute atomic E-state index is 0.00270. The summed E-state index contributed by atoms with van der Waals surface area (Å²) >= 11 is 0. The van der Waals surface area contributed by atoms with Gasteiger partial charge in [-0.05, 0) is 11.1 Å². The molecule has 4 heterocycles. The summed E-state index contributed by atoms with van der Waals surface area (Å²) in [7, 11) is 2.85. The average Bonchev–Trinajstić information content (AvgIpc) is 3.11. The molecule has 0 spiro atoms. The van der Waals surface area contributed by atoms with Crippen molar-refractivity contribution in [2.24, 2.45) is 0 Å². The maximum absolute atomic E-state index is 13.5.